The fourth-order valence-electron chi connectivity index (χ4n) is 2.63. The number of phenolic OH excluding ortho intramolecular Hbond substituents is 1. The van der Waals surface area contributed by atoms with Crippen LogP contribution in [0.5, 0.6) is 5.75 Å². The minimum absolute atomic E-state index is 0.0360. The van der Waals surface area contributed by atoms with Crippen LogP contribution in [0.25, 0.3) is 6.08 Å². The number of hydrogen-bond acceptors (Lipinski definition) is 5. The van der Waals surface area contributed by atoms with Gasteiger partial charge in [-0.3, -0.25) is 0 Å². The minimum Gasteiger partial charge on any atom is -0.505 e. The highest BCUT2D eigenvalue weighted by molar-refractivity contribution is 7.99. The number of ether oxygens (including phenoxy) is 1. The maximum absolute atomic E-state index is 11.5. The smallest absolute Gasteiger partial charge is 0.330 e. The van der Waals surface area contributed by atoms with Crippen LogP contribution in [0.15, 0.2) is 52.3 Å². The van der Waals surface area contributed by atoms with Crippen molar-refractivity contribution in [3.8, 4) is 5.75 Å². The van der Waals surface area contributed by atoms with Gasteiger partial charge in [0.1, 0.15) is 5.75 Å². The predicted octanol–water partition coefficient (Wildman–Crippen LogP) is 5.43. The second kappa shape index (κ2) is 10.7. The van der Waals surface area contributed by atoms with Crippen LogP contribution < -0.4 is 5.73 Å². The molecule has 0 bridgehead atoms. The molecule has 0 saturated heterocycles. The van der Waals surface area contributed by atoms with E-state index < -0.39 is 5.97 Å². The van der Waals surface area contributed by atoms with Crippen molar-refractivity contribution in [1.29, 1.82) is 0 Å². The van der Waals surface area contributed by atoms with Crippen LogP contribution in [-0.4, -0.2) is 17.7 Å². The first-order chi connectivity index (χ1) is 13.0. The van der Waals surface area contributed by atoms with E-state index in [-0.39, 0.29) is 11.4 Å². The molecule has 0 aliphatic heterocycles. The Balaban J connectivity index is 2.11. The number of carbonyl (C=O) groups excluding carboxylic acids is 1. The Kier molecular flexibility index (Phi) is 8.27. The Hall–Kier alpha value is -2.40. The lowest BCUT2D eigenvalue weighted by atomic mass is 10.1. The minimum atomic E-state index is -0.452. The largest absolute Gasteiger partial charge is 0.505 e. The molecule has 144 valence electrons. The lowest BCUT2D eigenvalue weighted by Crippen LogP contribution is -1.98. The van der Waals surface area contributed by atoms with Crippen LogP contribution >= 0.6 is 11.8 Å². The molecule has 3 N–H and O–H groups in total. The van der Waals surface area contributed by atoms with Crippen molar-refractivity contribution < 1.29 is 14.6 Å². The van der Waals surface area contributed by atoms with E-state index in [1.54, 1.807) is 30.8 Å². The number of nitrogens with two attached hydrogens (primary N) is 1. The van der Waals surface area contributed by atoms with E-state index in [0.29, 0.717) is 12.2 Å². The number of rotatable bonds is 9. The van der Waals surface area contributed by atoms with Crippen LogP contribution in [0.4, 0.5) is 5.69 Å². The van der Waals surface area contributed by atoms with Gasteiger partial charge >= 0.3 is 5.97 Å². The number of anilines is 1. The zero-order chi connectivity index (χ0) is 19.6. The average Bonchev–Trinajstić information content (AvgIpc) is 2.65. The first-order valence-electron chi connectivity index (χ1n) is 9.27. The van der Waals surface area contributed by atoms with E-state index in [4.69, 9.17) is 10.5 Å². The van der Waals surface area contributed by atoms with E-state index in [2.05, 4.69) is 31.2 Å². The van der Waals surface area contributed by atoms with Crippen molar-refractivity contribution in [2.75, 3.05) is 12.3 Å². The Morgan fingerprint density at radius 3 is 2.56 bits per heavy atom. The number of esters is 1. The molecular weight excluding hydrogens is 358 g/mol. The van der Waals surface area contributed by atoms with Gasteiger partial charge in [0.2, 0.25) is 0 Å². The summed E-state index contributed by atoms with van der Waals surface area (Å²) in [7, 11) is 0. The van der Waals surface area contributed by atoms with E-state index in [0.717, 1.165) is 16.2 Å². The van der Waals surface area contributed by atoms with Gasteiger partial charge in [-0.2, -0.15) is 0 Å². The molecule has 0 spiro atoms. The normalized spacial score (nSPS) is 11.0. The lowest BCUT2D eigenvalue weighted by Gasteiger charge is -2.09. The van der Waals surface area contributed by atoms with Crippen molar-refractivity contribution in [1.82, 2.24) is 0 Å². The van der Waals surface area contributed by atoms with Gasteiger partial charge in [-0.25, -0.2) is 4.79 Å². The molecule has 0 aliphatic rings. The first-order valence-corrected chi connectivity index (χ1v) is 10.1. The number of benzene rings is 2. The SMILES string of the molecule is CCCCCc1ccc(Sc2cc(N)c(O)c(/C=C/C(=O)OCC)c2)cc1. The van der Waals surface area contributed by atoms with Gasteiger partial charge in [0.05, 0.1) is 12.3 Å². The van der Waals surface area contributed by atoms with Crippen LogP contribution in [0.3, 0.4) is 0 Å². The molecule has 0 saturated carbocycles. The number of phenols is 1. The molecule has 27 heavy (non-hydrogen) atoms. The molecule has 0 aromatic heterocycles. The predicted molar refractivity (Wildman–Crippen MR) is 112 cm³/mol. The van der Waals surface area contributed by atoms with Crippen LogP contribution in [0.1, 0.15) is 44.2 Å². The summed E-state index contributed by atoms with van der Waals surface area (Å²) in [5.74, 6) is -0.488. The first kappa shape index (κ1) is 20.9. The number of nitrogen functional groups attached to an aromatic ring is 1. The summed E-state index contributed by atoms with van der Waals surface area (Å²) in [6.45, 7) is 4.26. The highest BCUT2D eigenvalue weighted by atomic mass is 32.2. The molecule has 2 aromatic rings. The lowest BCUT2D eigenvalue weighted by molar-refractivity contribution is -0.137. The molecule has 0 atom stereocenters. The Bertz CT molecular complexity index is 785. The Labute approximate surface area is 165 Å². The fraction of sp³-hybridized carbons (Fsp3) is 0.318. The molecule has 2 rings (SSSR count). The highest BCUT2D eigenvalue weighted by Gasteiger charge is 2.08. The van der Waals surface area contributed by atoms with Crippen molar-refractivity contribution in [3.05, 3.63) is 53.6 Å². The summed E-state index contributed by atoms with van der Waals surface area (Å²) in [4.78, 5) is 13.5. The Morgan fingerprint density at radius 2 is 1.89 bits per heavy atom. The molecular formula is C22H27NO3S. The fourth-order valence-corrected chi connectivity index (χ4v) is 3.54. The summed E-state index contributed by atoms with van der Waals surface area (Å²) >= 11 is 1.57. The molecule has 0 amide bonds. The van der Waals surface area contributed by atoms with Gasteiger partial charge in [0, 0.05) is 21.4 Å². The summed E-state index contributed by atoms with van der Waals surface area (Å²) in [5.41, 5.74) is 8.03. The maximum atomic E-state index is 11.5. The van der Waals surface area contributed by atoms with Gasteiger partial charge in [0.15, 0.2) is 0 Å². The van der Waals surface area contributed by atoms with Crippen LogP contribution in [0.2, 0.25) is 0 Å². The number of hydrogen-bond donors (Lipinski definition) is 2. The topological polar surface area (TPSA) is 72.5 Å². The molecule has 5 heteroatoms. The van der Waals surface area contributed by atoms with Gasteiger partial charge in [0.25, 0.3) is 0 Å². The third kappa shape index (κ3) is 6.68. The van der Waals surface area contributed by atoms with Gasteiger partial charge < -0.3 is 15.6 Å². The maximum Gasteiger partial charge on any atom is 0.330 e. The van der Waals surface area contributed by atoms with Gasteiger partial charge in [-0.1, -0.05) is 43.7 Å². The van der Waals surface area contributed by atoms with Gasteiger partial charge in [-0.05, 0) is 55.7 Å². The van der Waals surface area contributed by atoms with Crippen molar-refractivity contribution in [3.63, 3.8) is 0 Å². The van der Waals surface area contributed by atoms with E-state index >= 15 is 0 Å². The zero-order valence-corrected chi connectivity index (χ0v) is 16.7. The molecule has 0 aliphatic carbocycles. The standard InChI is InChI=1S/C22H27NO3S/c1-3-5-6-7-16-8-11-18(12-9-16)27-19-14-17(22(25)20(23)15-19)10-13-21(24)26-4-2/h8-15,25H,3-7,23H2,1-2H3/b13-10+. The monoisotopic (exact) mass is 385 g/mol. The molecule has 0 heterocycles. The van der Waals surface area contributed by atoms with Crippen molar-refractivity contribution in [2.45, 2.75) is 49.3 Å². The summed E-state index contributed by atoms with van der Waals surface area (Å²) in [6.07, 6.45) is 7.61. The second-order valence-corrected chi connectivity index (χ2v) is 7.39. The van der Waals surface area contributed by atoms with Gasteiger partial charge in [-0.15, -0.1) is 0 Å². The highest BCUT2D eigenvalue weighted by Crippen LogP contribution is 2.35. The molecule has 0 radical (unpaired) electrons. The quantitative estimate of drug-likeness (QED) is 0.198. The van der Waals surface area contributed by atoms with Crippen molar-refractivity contribution in [2.24, 2.45) is 0 Å². The van der Waals surface area contributed by atoms with Crippen molar-refractivity contribution >= 4 is 29.5 Å². The van der Waals surface area contributed by atoms with E-state index in [9.17, 15) is 9.90 Å². The van der Waals surface area contributed by atoms with Crippen LogP contribution in [0, 0.1) is 0 Å². The average molecular weight is 386 g/mol. The molecule has 4 nitrogen and oxygen atoms in total. The third-order valence-electron chi connectivity index (χ3n) is 4.06. The molecule has 2 aromatic carbocycles. The number of aryl methyl sites for hydroxylation is 1. The number of aromatic hydroxyl groups is 1. The number of carbonyl (C=O) groups is 1. The van der Waals surface area contributed by atoms with Crippen LogP contribution in [-0.2, 0) is 16.0 Å². The third-order valence-corrected chi connectivity index (χ3v) is 5.04. The van der Waals surface area contributed by atoms with E-state index in [1.807, 2.05) is 0 Å². The number of unbranched alkanes of at least 4 members (excludes halogenated alkanes) is 2. The summed E-state index contributed by atoms with van der Waals surface area (Å²) in [6, 6.07) is 12.1. The zero-order valence-electron chi connectivity index (χ0n) is 15.9. The summed E-state index contributed by atoms with van der Waals surface area (Å²) < 4.78 is 4.86. The Morgan fingerprint density at radius 1 is 1.15 bits per heavy atom. The second-order valence-electron chi connectivity index (χ2n) is 6.24. The summed E-state index contributed by atoms with van der Waals surface area (Å²) in [5, 5.41) is 10.1. The molecule has 0 unspecified atom stereocenters. The van der Waals surface area contributed by atoms with E-state index in [1.165, 1.54) is 37.0 Å². The molecule has 0 fully saturated rings.